The van der Waals surface area contributed by atoms with Crippen LogP contribution < -0.4 is 5.73 Å². The minimum atomic E-state index is -0.264. The van der Waals surface area contributed by atoms with Crippen LogP contribution >= 0.6 is 0 Å². The van der Waals surface area contributed by atoms with Crippen molar-refractivity contribution < 1.29 is 0 Å². The quantitative estimate of drug-likeness (QED) is 0.864. The second-order valence-corrected chi connectivity index (χ2v) is 6.18. The summed E-state index contributed by atoms with van der Waals surface area (Å²) in [6.45, 7) is 12.2. The van der Waals surface area contributed by atoms with Crippen LogP contribution in [0, 0.1) is 0 Å². The maximum atomic E-state index is 6.55. The molecule has 1 heterocycles. The van der Waals surface area contributed by atoms with E-state index < -0.39 is 0 Å². The van der Waals surface area contributed by atoms with Crippen LogP contribution in [-0.2, 0) is 5.54 Å². The number of likely N-dealkylation sites (tertiary alicyclic amines) is 1. The Kier molecular flexibility index (Phi) is 5.19. The third kappa shape index (κ3) is 3.60. The van der Waals surface area contributed by atoms with Gasteiger partial charge >= 0.3 is 0 Å². The lowest BCUT2D eigenvalue weighted by Gasteiger charge is -2.31. The van der Waals surface area contributed by atoms with Crippen LogP contribution in [0.2, 0.25) is 0 Å². The van der Waals surface area contributed by atoms with E-state index in [4.69, 9.17) is 5.73 Å². The first-order chi connectivity index (χ1) is 9.56. The van der Waals surface area contributed by atoms with Gasteiger partial charge in [-0.1, -0.05) is 44.2 Å². The van der Waals surface area contributed by atoms with Crippen LogP contribution in [0.1, 0.15) is 32.8 Å². The zero-order valence-electron chi connectivity index (χ0n) is 13.2. The van der Waals surface area contributed by atoms with Crippen LogP contribution in [0.25, 0.3) is 0 Å². The van der Waals surface area contributed by atoms with Crippen molar-refractivity contribution >= 4 is 0 Å². The molecule has 3 nitrogen and oxygen atoms in total. The Bertz CT molecular complexity index is 398. The average Bonchev–Trinajstić information content (AvgIpc) is 2.89. The number of rotatable bonds is 6. The Labute approximate surface area is 123 Å². The largest absolute Gasteiger partial charge is 0.321 e. The maximum absolute atomic E-state index is 6.55. The highest BCUT2D eigenvalue weighted by Gasteiger charge is 2.31. The Morgan fingerprint density at radius 3 is 2.50 bits per heavy atom. The molecule has 20 heavy (non-hydrogen) atoms. The first kappa shape index (κ1) is 15.5. The molecule has 0 aliphatic carbocycles. The number of nitrogens with zero attached hydrogens (tertiary/aromatic N) is 2. The van der Waals surface area contributed by atoms with Crippen LogP contribution in [0.3, 0.4) is 0 Å². The molecule has 0 bridgehead atoms. The summed E-state index contributed by atoms with van der Waals surface area (Å²) in [6, 6.07) is 11.2. The highest BCUT2D eigenvalue weighted by molar-refractivity contribution is 5.23. The molecule has 3 heteroatoms. The summed E-state index contributed by atoms with van der Waals surface area (Å²) in [5.74, 6) is 0. The second-order valence-electron chi connectivity index (χ2n) is 6.18. The number of benzene rings is 1. The van der Waals surface area contributed by atoms with Crippen molar-refractivity contribution in [1.29, 1.82) is 0 Å². The first-order valence-corrected chi connectivity index (χ1v) is 7.87. The summed E-state index contributed by atoms with van der Waals surface area (Å²) in [7, 11) is 0. The zero-order valence-corrected chi connectivity index (χ0v) is 13.2. The number of nitrogens with two attached hydrogens (primary N) is 1. The lowest BCUT2D eigenvalue weighted by Crippen LogP contribution is -2.46. The fraction of sp³-hybridized carbons (Fsp3) is 0.647. The van der Waals surface area contributed by atoms with E-state index in [0.29, 0.717) is 6.04 Å². The third-order valence-electron chi connectivity index (χ3n) is 4.56. The van der Waals surface area contributed by atoms with Crippen molar-refractivity contribution in [2.24, 2.45) is 5.73 Å². The average molecular weight is 275 g/mol. The summed E-state index contributed by atoms with van der Waals surface area (Å²) in [6.07, 6.45) is 1.27. The molecule has 1 aromatic rings. The summed E-state index contributed by atoms with van der Waals surface area (Å²) in [5, 5.41) is 0. The van der Waals surface area contributed by atoms with Crippen molar-refractivity contribution in [3.63, 3.8) is 0 Å². The standard InChI is InChI=1S/C17H29N3/c1-4-20(5-2)16-11-12-19(13-16)14-17(3,18)15-9-7-6-8-10-15/h6-10,16H,4-5,11-14,18H2,1-3H3. The molecule has 1 aliphatic heterocycles. The molecule has 0 amide bonds. The predicted octanol–water partition coefficient (Wildman–Crippen LogP) is 2.28. The molecule has 0 saturated carbocycles. The van der Waals surface area contributed by atoms with Gasteiger partial charge in [-0.25, -0.2) is 0 Å². The molecule has 2 unspecified atom stereocenters. The number of likely N-dealkylation sites (N-methyl/N-ethyl adjacent to an activating group) is 1. The lowest BCUT2D eigenvalue weighted by atomic mass is 9.93. The van der Waals surface area contributed by atoms with E-state index in [2.05, 4.69) is 54.8 Å². The summed E-state index contributed by atoms with van der Waals surface area (Å²) >= 11 is 0. The minimum absolute atomic E-state index is 0.264. The second kappa shape index (κ2) is 6.70. The van der Waals surface area contributed by atoms with E-state index in [0.717, 1.165) is 26.2 Å². The Balaban J connectivity index is 1.95. The number of hydrogen-bond acceptors (Lipinski definition) is 3. The monoisotopic (exact) mass is 275 g/mol. The smallest absolute Gasteiger partial charge is 0.0509 e. The minimum Gasteiger partial charge on any atom is -0.321 e. The van der Waals surface area contributed by atoms with Crippen LogP contribution in [0.15, 0.2) is 30.3 Å². The van der Waals surface area contributed by atoms with Gasteiger partial charge in [0, 0.05) is 19.1 Å². The third-order valence-corrected chi connectivity index (χ3v) is 4.56. The lowest BCUT2D eigenvalue weighted by molar-refractivity contribution is 0.197. The molecule has 112 valence electrons. The van der Waals surface area contributed by atoms with Crippen LogP contribution in [-0.4, -0.2) is 48.6 Å². The van der Waals surface area contributed by atoms with Gasteiger partial charge in [0.1, 0.15) is 0 Å². The summed E-state index contributed by atoms with van der Waals surface area (Å²) < 4.78 is 0. The number of hydrogen-bond donors (Lipinski definition) is 1. The van der Waals surface area contributed by atoms with Crippen molar-refractivity contribution in [2.75, 3.05) is 32.7 Å². The van der Waals surface area contributed by atoms with Gasteiger partial charge in [-0.15, -0.1) is 0 Å². The molecule has 1 fully saturated rings. The Morgan fingerprint density at radius 2 is 1.90 bits per heavy atom. The fourth-order valence-electron chi connectivity index (χ4n) is 3.37. The van der Waals surface area contributed by atoms with Gasteiger partial charge in [0.25, 0.3) is 0 Å². The highest BCUT2D eigenvalue weighted by Crippen LogP contribution is 2.23. The van der Waals surface area contributed by atoms with E-state index >= 15 is 0 Å². The van der Waals surface area contributed by atoms with E-state index in [1.165, 1.54) is 18.5 Å². The first-order valence-electron chi connectivity index (χ1n) is 7.87. The van der Waals surface area contributed by atoms with E-state index in [-0.39, 0.29) is 5.54 Å². The Morgan fingerprint density at radius 1 is 1.25 bits per heavy atom. The fourth-order valence-corrected chi connectivity index (χ4v) is 3.37. The normalized spacial score (nSPS) is 23.1. The van der Waals surface area contributed by atoms with Crippen LogP contribution in [0.4, 0.5) is 0 Å². The van der Waals surface area contributed by atoms with Crippen LogP contribution in [0.5, 0.6) is 0 Å². The molecule has 2 rings (SSSR count). The van der Waals surface area contributed by atoms with E-state index in [1.807, 2.05) is 6.07 Å². The van der Waals surface area contributed by atoms with Crippen molar-refractivity contribution in [3.05, 3.63) is 35.9 Å². The van der Waals surface area contributed by atoms with Gasteiger partial charge in [0.05, 0.1) is 5.54 Å². The van der Waals surface area contributed by atoms with Gasteiger partial charge < -0.3 is 5.73 Å². The molecule has 2 N–H and O–H groups in total. The zero-order chi connectivity index (χ0) is 14.6. The molecule has 2 atom stereocenters. The van der Waals surface area contributed by atoms with Gasteiger partial charge in [0.15, 0.2) is 0 Å². The Hall–Kier alpha value is -0.900. The predicted molar refractivity (Wildman–Crippen MR) is 85.7 cm³/mol. The molecular weight excluding hydrogens is 246 g/mol. The van der Waals surface area contributed by atoms with E-state index in [9.17, 15) is 0 Å². The SMILES string of the molecule is CCN(CC)C1CCN(CC(C)(N)c2ccccc2)C1. The van der Waals surface area contributed by atoms with Gasteiger partial charge in [-0.3, -0.25) is 9.80 Å². The molecule has 1 aromatic carbocycles. The molecular formula is C17H29N3. The molecule has 1 aliphatic rings. The van der Waals surface area contributed by atoms with Gasteiger partial charge in [0.2, 0.25) is 0 Å². The topological polar surface area (TPSA) is 32.5 Å². The van der Waals surface area contributed by atoms with Gasteiger partial charge in [-0.2, -0.15) is 0 Å². The van der Waals surface area contributed by atoms with Crippen molar-refractivity contribution in [3.8, 4) is 0 Å². The van der Waals surface area contributed by atoms with Gasteiger partial charge in [-0.05, 0) is 38.5 Å². The maximum Gasteiger partial charge on any atom is 0.0509 e. The molecule has 0 aromatic heterocycles. The van der Waals surface area contributed by atoms with Crippen molar-refractivity contribution in [2.45, 2.75) is 38.8 Å². The molecule has 0 radical (unpaired) electrons. The highest BCUT2D eigenvalue weighted by atomic mass is 15.3. The summed E-state index contributed by atoms with van der Waals surface area (Å²) in [4.78, 5) is 5.09. The van der Waals surface area contributed by atoms with Crippen molar-refractivity contribution in [1.82, 2.24) is 9.80 Å². The molecule has 1 saturated heterocycles. The molecule has 0 spiro atoms. The summed E-state index contributed by atoms with van der Waals surface area (Å²) in [5.41, 5.74) is 7.51. The van der Waals surface area contributed by atoms with E-state index in [1.54, 1.807) is 0 Å².